The smallest absolute Gasteiger partial charge is 0.324 e. The van der Waals surface area contributed by atoms with Crippen LogP contribution in [0, 0.1) is 0 Å². The molecule has 1 aliphatic rings. The molecular weight excluding hydrogens is 398 g/mol. The van der Waals surface area contributed by atoms with Crippen molar-refractivity contribution in [3.63, 3.8) is 0 Å². The van der Waals surface area contributed by atoms with E-state index in [9.17, 15) is 18.0 Å². The molecule has 10 heteroatoms. The highest BCUT2D eigenvalue weighted by Crippen LogP contribution is 2.20. The Morgan fingerprint density at radius 1 is 1.03 bits per heavy atom. The highest BCUT2D eigenvalue weighted by molar-refractivity contribution is 7.92. The summed E-state index contributed by atoms with van der Waals surface area (Å²) in [7, 11) is -2.20. The summed E-state index contributed by atoms with van der Waals surface area (Å²) in [4.78, 5) is 24.4. The molecule has 1 heterocycles. The highest BCUT2D eigenvalue weighted by atomic mass is 32.2. The van der Waals surface area contributed by atoms with Crippen LogP contribution in [0.15, 0.2) is 53.4 Å². The summed E-state index contributed by atoms with van der Waals surface area (Å²) in [5, 5.41) is 2.45. The summed E-state index contributed by atoms with van der Waals surface area (Å²) in [5.74, 6) is 0.250. The summed E-state index contributed by atoms with van der Waals surface area (Å²) in [5.41, 5.74) is 1.07. The van der Waals surface area contributed by atoms with Crippen LogP contribution in [0.3, 0.4) is 0 Å². The average Bonchev–Trinajstić information content (AvgIpc) is 3.02. The maximum Gasteiger partial charge on any atom is 0.324 e. The number of urea groups is 1. The Labute approximate surface area is 168 Å². The first-order chi connectivity index (χ1) is 13.9. The summed E-state index contributed by atoms with van der Waals surface area (Å²) < 4.78 is 37.9. The third-order valence-electron chi connectivity index (χ3n) is 4.17. The van der Waals surface area contributed by atoms with Crippen molar-refractivity contribution in [2.45, 2.75) is 11.4 Å². The monoisotopic (exact) mass is 419 g/mol. The lowest BCUT2D eigenvalue weighted by atomic mass is 10.2. The Balaban J connectivity index is 1.62. The average molecular weight is 419 g/mol. The van der Waals surface area contributed by atoms with Gasteiger partial charge in [-0.1, -0.05) is 12.1 Å². The van der Waals surface area contributed by atoms with Crippen LogP contribution in [0.5, 0.6) is 5.75 Å². The maximum atomic E-state index is 12.5. The van der Waals surface area contributed by atoms with Gasteiger partial charge in [0, 0.05) is 12.8 Å². The fourth-order valence-electron chi connectivity index (χ4n) is 2.65. The Morgan fingerprint density at radius 3 is 2.31 bits per heavy atom. The molecule has 3 rings (SSSR count). The van der Waals surface area contributed by atoms with Crippen LogP contribution < -0.4 is 14.8 Å². The van der Waals surface area contributed by atoms with Crippen molar-refractivity contribution in [3.05, 3.63) is 54.1 Å². The lowest BCUT2D eigenvalue weighted by molar-refractivity contribution is -0.125. The van der Waals surface area contributed by atoms with Crippen molar-refractivity contribution in [1.29, 1.82) is 0 Å². The van der Waals surface area contributed by atoms with Gasteiger partial charge in [0.2, 0.25) is 5.91 Å². The molecule has 0 radical (unpaired) electrons. The second-order valence-corrected chi connectivity index (χ2v) is 7.94. The largest absolute Gasteiger partial charge is 0.491 e. The zero-order valence-electron chi connectivity index (χ0n) is 15.8. The number of carbonyl (C=O) groups excluding carboxylic acids is 2. The minimum Gasteiger partial charge on any atom is -0.491 e. The van der Waals surface area contributed by atoms with Gasteiger partial charge in [-0.05, 0) is 42.0 Å². The van der Waals surface area contributed by atoms with Gasteiger partial charge in [0.1, 0.15) is 12.4 Å². The molecule has 29 heavy (non-hydrogen) atoms. The van der Waals surface area contributed by atoms with Crippen LogP contribution in [0.4, 0.5) is 10.5 Å². The van der Waals surface area contributed by atoms with Crippen molar-refractivity contribution in [2.24, 2.45) is 0 Å². The predicted molar refractivity (Wildman–Crippen MR) is 105 cm³/mol. The van der Waals surface area contributed by atoms with E-state index in [0.29, 0.717) is 30.2 Å². The van der Waals surface area contributed by atoms with Crippen LogP contribution in [0.25, 0.3) is 0 Å². The Morgan fingerprint density at radius 2 is 1.72 bits per heavy atom. The van der Waals surface area contributed by atoms with Gasteiger partial charge in [-0.15, -0.1) is 0 Å². The number of rotatable bonds is 9. The number of ether oxygens (including phenoxy) is 2. The Hall–Kier alpha value is -3.11. The number of imide groups is 1. The number of benzene rings is 2. The van der Waals surface area contributed by atoms with E-state index >= 15 is 0 Å². The van der Waals surface area contributed by atoms with E-state index in [1.165, 1.54) is 12.1 Å². The standard InChI is InChI=1S/C19H21N3O6S/c1-27-10-11-28-16-6-8-17(9-7-16)29(25,26)21-15-4-2-14(3-5-15)13-22-18(23)12-20-19(22)24/h2-9,21H,10-13H2,1H3,(H,20,24). The first-order valence-electron chi connectivity index (χ1n) is 8.81. The van der Waals surface area contributed by atoms with E-state index in [2.05, 4.69) is 10.0 Å². The van der Waals surface area contributed by atoms with Crippen molar-refractivity contribution in [2.75, 3.05) is 31.6 Å². The zero-order valence-corrected chi connectivity index (χ0v) is 16.6. The second-order valence-electron chi connectivity index (χ2n) is 6.25. The molecule has 2 N–H and O–H groups in total. The minimum absolute atomic E-state index is 0.00702. The SMILES string of the molecule is COCCOc1ccc(S(=O)(=O)Nc2ccc(CN3C(=O)CNC3=O)cc2)cc1. The van der Waals surface area contributed by atoms with E-state index in [1.54, 1.807) is 43.5 Å². The number of nitrogens with zero attached hydrogens (tertiary/aromatic N) is 1. The number of sulfonamides is 1. The summed E-state index contributed by atoms with van der Waals surface area (Å²) >= 11 is 0. The first-order valence-corrected chi connectivity index (χ1v) is 10.3. The molecule has 2 aromatic carbocycles. The van der Waals surface area contributed by atoms with E-state index < -0.39 is 16.1 Å². The predicted octanol–water partition coefficient (Wildman–Crippen LogP) is 1.56. The third-order valence-corrected chi connectivity index (χ3v) is 5.57. The molecular formula is C19H21N3O6S. The molecule has 0 aliphatic carbocycles. The lowest BCUT2D eigenvalue weighted by Gasteiger charge is -2.13. The van der Waals surface area contributed by atoms with Gasteiger partial charge in [0.15, 0.2) is 0 Å². The van der Waals surface area contributed by atoms with Crippen LogP contribution in [0.2, 0.25) is 0 Å². The molecule has 1 saturated heterocycles. The maximum absolute atomic E-state index is 12.5. The molecule has 0 bridgehead atoms. The molecule has 0 aromatic heterocycles. The Bertz CT molecular complexity index is 958. The number of hydrogen-bond donors (Lipinski definition) is 2. The molecule has 1 fully saturated rings. The van der Waals surface area contributed by atoms with Gasteiger partial charge < -0.3 is 14.8 Å². The van der Waals surface area contributed by atoms with Crippen LogP contribution in [0.1, 0.15) is 5.56 Å². The number of methoxy groups -OCH3 is 1. The molecule has 2 aromatic rings. The number of anilines is 1. The van der Waals surface area contributed by atoms with Crippen molar-refractivity contribution >= 4 is 27.6 Å². The fourth-order valence-corrected chi connectivity index (χ4v) is 3.71. The van der Waals surface area contributed by atoms with Gasteiger partial charge in [0.25, 0.3) is 10.0 Å². The van der Waals surface area contributed by atoms with Crippen molar-refractivity contribution in [3.8, 4) is 5.75 Å². The molecule has 9 nitrogen and oxygen atoms in total. The number of amides is 3. The number of nitrogens with one attached hydrogen (secondary N) is 2. The van der Waals surface area contributed by atoms with Gasteiger partial charge in [-0.3, -0.25) is 14.4 Å². The van der Waals surface area contributed by atoms with Gasteiger partial charge in [-0.2, -0.15) is 0 Å². The van der Waals surface area contributed by atoms with Gasteiger partial charge in [0.05, 0.1) is 24.6 Å². The molecule has 0 atom stereocenters. The second kappa shape index (κ2) is 8.93. The van der Waals surface area contributed by atoms with Gasteiger partial charge >= 0.3 is 6.03 Å². The number of carbonyl (C=O) groups is 2. The molecule has 0 saturated carbocycles. The summed E-state index contributed by atoms with van der Waals surface area (Å²) in [6.07, 6.45) is 0. The molecule has 0 spiro atoms. The minimum atomic E-state index is -3.77. The van der Waals surface area contributed by atoms with Crippen LogP contribution >= 0.6 is 0 Å². The lowest BCUT2D eigenvalue weighted by Crippen LogP contribution is -2.30. The summed E-state index contributed by atoms with van der Waals surface area (Å²) in [6, 6.07) is 12.1. The van der Waals surface area contributed by atoms with Crippen LogP contribution in [-0.2, 0) is 26.1 Å². The summed E-state index contributed by atoms with van der Waals surface area (Å²) in [6.45, 7) is 0.932. The molecule has 154 valence electrons. The normalized spacial score (nSPS) is 14.0. The van der Waals surface area contributed by atoms with E-state index in [4.69, 9.17) is 9.47 Å². The molecule has 0 unspecified atom stereocenters. The van der Waals surface area contributed by atoms with E-state index in [-0.39, 0.29) is 23.9 Å². The molecule has 1 aliphatic heterocycles. The molecule has 3 amide bonds. The number of hydrogen-bond acceptors (Lipinski definition) is 6. The van der Waals surface area contributed by atoms with Gasteiger partial charge in [-0.25, -0.2) is 13.2 Å². The van der Waals surface area contributed by atoms with Crippen molar-refractivity contribution < 1.29 is 27.5 Å². The van der Waals surface area contributed by atoms with E-state index in [1.807, 2.05) is 0 Å². The topological polar surface area (TPSA) is 114 Å². The highest BCUT2D eigenvalue weighted by Gasteiger charge is 2.28. The third kappa shape index (κ3) is 5.24. The first kappa shape index (κ1) is 20.6. The van der Waals surface area contributed by atoms with Crippen molar-refractivity contribution in [1.82, 2.24) is 10.2 Å². The zero-order chi connectivity index (χ0) is 20.9. The Kier molecular flexibility index (Phi) is 6.35. The quantitative estimate of drug-likeness (QED) is 0.471. The van der Waals surface area contributed by atoms with E-state index in [0.717, 1.165) is 4.90 Å². The fraction of sp³-hybridized carbons (Fsp3) is 0.263. The van der Waals surface area contributed by atoms with Crippen LogP contribution in [-0.4, -0.2) is 52.1 Å².